The van der Waals surface area contributed by atoms with Crippen LogP contribution in [0.1, 0.15) is 42.5 Å². The highest BCUT2D eigenvalue weighted by Gasteiger charge is 2.22. The molecule has 2 atom stereocenters. The van der Waals surface area contributed by atoms with Crippen LogP contribution in [0.25, 0.3) is 22.5 Å². The van der Waals surface area contributed by atoms with Crippen molar-refractivity contribution >= 4 is 34.9 Å². The molecule has 0 saturated carbocycles. The quantitative estimate of drug-likeness (QED) is 0.140. The van der Waals surface area contributed by atoms with Crippen LogP contribution in [0.2, 0.25) is 5.02 Å². The lowest BCUT2D eigenvalue weighted by Crippen LogP contribution is -2.35. The molecule has 0 bridgehead atoms. The van der Waals surface area contributed by atoms with Crippen LogP contribution in [0.4, 0.5) is 15.9 Å². The molecule has 3 aromatic heterocycles. The Labute approximate surface area is 282 Å². The van der Waals surface area contributed by atoms with Crippen LogP contribution in [0.15, 0.2) is 48.9 Å². The van der Waals surface area contributed by atoms with Crippen molar-refractivity contribution in [3.8, 4) is 28.4 Å². The third kappa shape index (κ3) is 7.53. The van der Waals surface area contributed by atoms with E-state index in [2.05, 4.69) is 41.5 Å². The van der Waals surface area contributed by atoms with Gasteiger partial charge < -0.3 is 31.3 Å². The van der Waals surface area contributed by atoms with Crippen LogP contribution >= 0.6 is 11.6 Å². The minimum atomic E-state index is -0.563. The molecule has 48 heavy (non-hydrogen) atoms. The van der Waals surface area contributed by atoms with Gasteiger partial charge in [-0.1, -0.05) is 29.8 Å². The number of anilines is 2. The number of nitrogens with one attached hydrogen (secondary N) is 5. The van der Waals surface area contributed by atoms with E-state index in [0.717, 1.165) is 29.5 Å². The van der Waals surface area contributed by atoms with E-state index in [9.17, 15) is 9.59 Å². The van der Waals surface area contributed by atoms with Gasteiger partial charge in [0.25, 0.3) is 0 Å². The summed E-state index contributed by atoms with van der Waals surface area (Å²) in [5.74, 6) is 0.0728. The van der Waals surface area contributed by atoms with E-state index >= 15 is 4.39 Å². The fourth-order valence-electron chi connectivity index (χ4n) is 5.94. The number of methoxy groups -OCH3 is 1. The summed E-state index contributed by atoms with van der Waals surface area (Å²) in [6.07, 6.45) is 5.63. The van der Waals surface area contributed by atoms with Gasteiger partial charge in [0, 0.05) is 79.7 Å². The van der Waals surface area contributed by atoms with Crippen LogP contribution in [0.5, 0.6) is 5.88 Å². The number of ether oxygens (including phenoxy) is 1. The van der Waals surface area contributed by atoms with Crippen LogP contribution in [-0.2, 0) is 22.7 Å². The molecule has 1 aromatic carbocycles. The minimum absolute atomic E-state index is 0.0302. The first-order chi connectivity index (χ1) is 23.3. The second-order valence-electron chi connectivity index (χ2n) is 11.8. The Hall–Kier alpha value is -4.72. The van der Waals surface area contributed by atoms with Crippen molar-refractivity contribution in [3.05, 3.63) is 76.6 Å². The Balaban J connectivity index is 1.17. The van der Waals surface area contributed by atoms with Crippen molar-refractivity contribution in [2.45, 2.75) is 57.8 Å². The normalized spacial score (nSPS) is 17.3. The smallest absolute Gasteiger partial charge is 0.220 e. The number of benzene rings is 1. The number of hydrogen-bond acceptors (Lipinski definition) is 10. The average molecular weight is 674 g/mol. The van der Waals surface area contributed by atoms with E-state index in [-0.39, 0.29) is 42.0 Å². The van der Waals surface area contributed by atoms with Gasteiger partial charge >= 0.3 is 0 Å². The Kier molecular flexibility index (Phi) is 10.4. The molecule has 2 saturated heterocycles. The van der Waals surface area contributed by atoms with Gasteiger partial charge in [-0.3, -0.25) is 14.6 Å². The van der Waals surface area contributed by atoms with Gasteiger partial charge in [0.2, 0.25) is 17.7 Å². The topological polar surface area (TPSA) is 155 Å². The van der Waals surface area contributed by atoms with Crippen molar-refractivity contribution < 1.29 is 18.7 Å². The molecule has 0 radical (unpaired) electrons. The number of halogens is 2. The summed E-state index contributed by atoms with van der Waals surface area (Å²) >= 11 is 6.99. The number of rotatable bonds is 13. The number of pyridine rings is 2. The molecule has 6 rings (SSSR count). The van der Waals surface area contributed by atoms with Gasteiger partial charge in [0.1, 0.15) is 6.33 Å². The third-order valence-corrected chi connectivity index (χ3v) is 8.94. The fraction of sp³-hybridized carbons (Fsp3) is 0.353. The lowest BCUT2D eigenvalue weighted by molar-refractivity contribution is -0.120. The van der Waals surface area contributed by atoms with E-state index in [1.807, 2.05) is 37.3 Å². The number of aromatic nitrogens is 4. The molecular weight excluding hydrogens is 637 g/mol. The Morgan fingerprint density at radius 2 is 1.67 bits per heavy atom. The highest BCUT2D eigenvalue weighted by molar-refractivity contribution is 6.35. The van der Waals surface area contributed by atoms with Gasteiger partial charge in [-0.2, -0.15) is 0 Å². The lowest BCUT2D eigenvalue weighted by Gasteiger charge is -2.16. The summed E-state index contributed by atoms with van der Waals surface area (Å²) < 4.78 is 21.1. The first-order valence-corrected chi connectivity index (χ1v) is 16.2. The van der Waals surface area contributed by atoms with Crippen LogP contribution < -0.4 is 31.3 Å². The molecule has 0 aliphatic carbocycles. The van der Waals surface area contributed by atoms with Gasteiger partial charge in [-0.15, -0.1) is 0 Å². The van der Waals surface area contributed by atoms with E-state index in [0.29, 0.717) is 66.0 Å². The molecule has 5 heterocycles. The predicted molar refractivity (Wildman–Crippen MR) is 180 cm³/mol. The van der Waals surface area contributed by atoms with E-state index in [4.69, 9.17) is 21.3 Å². The number of carbonyl (C=O) groups excluding carboxylic acids is 2. The highest BCUT2D eigenvalue weighted by atomic mass is 35.5. The molecule has 12 nitrogen and oxygen atoms in total. The standard InChI is InChI=1S/C34H37ClFN9O3/c1-19-23(4-3-5-25(19)44-33-31(36)27(40-18-41-33)17-38-16-22-8-11-29(47)43-22)32-30(35)24(12-13-39-32)26-9-6-20(34(45-26)48-2)14-37-15-21-7-10-28(46)42-21/h3-6,9,12-13,18,21-22,37-38H,7-8,10-11,14-17H2,1-2H3,(H,42,46)(H,43,47)(H,40,41,44). The minimum Gasteiger partial charge on any atom is -0.481 e. The van der Waals surface area contributed by atoms with Crippen molar-refractivity contribution in [2.24, 2.45) is 0 Å². The highest BCUT2D eigenvalue weighted by Crippen LogP contribution is 2.38. The van der Waals surface area contributed by atoms with Crippen molar-refractivity contribution in [1.29, 1.82) is 0 Å². The second kappa shape index (κ2) is 15.0. The molecular formula is C34H37ClFN9O3. The maximum atomic E-state index is 15.5. The van der Waals surface area contributed by atoms with Gasteiger partial charge in [-0.05, 0) is 43.5 Å². The van der Waals surface area contributed by atoms with Gasteiger partial charge in [0.15, 0.2) is 11.6 Å². The van der Waals surface area contributed by atoms with Gasteiger partial charge in [-0.25, -0.2) is 19.3 Å². The monoisotopic (exact) mass is 673 g/mol. The Bertz CT molecular complexity index is 1830. The maximum absolute atomic E-state index is 15.5. The SMILES string of the molecule is COc1nc(-c2ccnc(-c3cccc(Nc4ncnc(CNCC5CCC(=O)N5)c4F)c3C)c2Cl)ccc1CNCC1CCC(=O)N1. The molecule has 4 aromatic rings. The van der Waals surface area contributed by atoms with E-state index in [1.165, 1.54) is 6.33 Å². The zero-order chi connectivity index (χ0) is 33.6. The van der Waals surface area contributed by atoms with Crippen LogP contribution in [0.3, 0.4) is 0 Å². The molecule has 2 unspecified atom stereocenters. The number of nitrogens with zero attached hydrogens (tertiary/aromatic N) is 4. The Morgan fingerprint density at radius 1 is 0.938 bits per heavy atom. The van der Waals surface area contributed by atoms with Crippen molar-refractivity contribution in [2.75, 3.05) is 25.5 Å². The lowest BCUT2D eigenvalue weighted by atomic mass is 10.0. The van der Waals surface area contributed by atoms with E-state index < -0.39 is 5.82 Å². The van der Waals surface area contributed by atoms with Crippen LogP contribution in [0, 0.1) is 12.7 Å². The van der Waals surface area contributed by atoms with E-state index in [1.54, 1.807) is 19.4 Å². The summed E-state index contributed by atoms with van der Waals surface area (Å²) in [6.45, 7) is 3.81. The third-order valence-electron chi connectivity index (χ3n) is 8.56. The summed E-state index contributed by atoms with van der Waals surface area (Å²) in [6, 6.07) is 11.4. The second-order valence-corrected chi connectivity index (χ2v) is 12.2. The number of hydrogen-bond donors (Lipinski definition) is 5. The molecule has 2 aliphatic rings. The van der Waals surface area contributed by atoms with Gasteiger partial charge in [0.05, 0.1) is 29.2 Å². The Morgan fingerprint density at radius 3 is 2.35 bits per heavy atom. The summed E-state index contributed by atoms with van der Waals surface area (Å²) in [7, 11) is 1.57. The molecule has 2 aliphatic heterocycles. The molecule has 5 N–H and O–H groups in total. The zero-order valence-electron chi connectivity index (χ0n) is 26.7. The maximum Gasteiger partial charge on any atom is 0.220 e. The number of amides is 2. The molecule has 2 fully saturated rings. The first kappa shape index (κ1) is 33.2. The average Bonchev–Trinajstić information content (AvgIpc) is 3.70. The fourth-order valence-corrected chi connectivity index (χ4v) is 6.25. The number of carbonyl (C=O) groups is 2. The molecule has 250 valence electrons. The summed E-state index contributed by atoms with van der Waals surface area (Å²) in [5, 5.41) is 15.9. The van der Waals surface area contributed by atoms with Crippen molar-refractivity contribution in [3.63, 3.8) is 0 Å². The van der Waals surface area contributed by atoms with Crippen LogP contribution in [-0.4, -0.2) is 64.0 Å². The predicted octanol–water partition coefficient (Wildman–Crippen LogP) is 4.19. The zero-order valence-corrected chi connectivity index (χ0v) is 27.5. The summed E-state index contributed by atoms with van der Waals surface area (Å²) in [4.78, 5) is 40.5. The largest absolute Gasteiger partial charge is 0.481 e. The first-order valence-electron chi connectivity index (χ1n) is 15.9. The molecule has 0 spiro atoms. The molecule has 2 amide bonds. The molecule has 14 heteroatoms. The summed E-state index contributed by atoms with van der Waals surface area (Å²) in [5.41, 5.74) is 5.14. The van der Waals surface area contributed by atoms with Crippen molar-refractivity contribution in [1.82, 2.24) is 41.2 Å².